The van der Waals surface area contributed by atoms with Crippen LogP contribution in [0.15, 0.2) is 52.3 Å². The van der Waals surface area contributed by atoms with Crippen LogP contribution < -0.4 is 24.0 Å². The number of rotatable bonds is 7. The Labute approximate surface area is 243 Å². The minimum atomic E-state index is -0.743. The molecule has 11 nitrogen and oxygen atoms in total. The molecule has 3 amide bonds. The number of thioether (sulfide) groups is 1. The SMILES string of the molecule is COc1ccc(N2C(=O)C3Sc4[nH]c(=O)sc4[C@H](c4ccc(OCC(=O)N5CCOCC5)c(OC)c4)C3C2=O)cc1. The summed E-state index contributed by atoms with van der Waals surface area (Å²) in [6.07, 6.45) is 0. The van der Waals surface area contributed by atoms with Crippen LogP contribution in [0.1, 0.15) is 16.4 Å². The maximum Gasteiger partial charge on any atom is 0.305 e. The molecule has 1 N–H and O–H groups in total. The van der Waals surface area contributed by atoms with Gasteiger partial charge in [-0.25, -0.2) is 4.90 Å². The summed E-state index contributed by atoms with van der Waals surface area (Å²) in [5.41, 5.74) is 1.15. The number of amides is 3. The summed E-state index contributed by atoms with van der Waals surface area (Å²) in [5, 5.41) is -0.139. The van der Waals surface area contributed by atoms with Gasteiger partial charge in [0.05, 0.1) is 44.1 Å². The van der Waals surface area contributed by atoms with Crippen LogP contribution in [-0.2, 0) is 19.1 Å². The van der Waals surface area contributed by atoms with Crippen molar-refractivity contribution in [2.75, 3.05) is 52.0 Å². The van der Waals surface area contributed by atoms with Gasteiger partial charge in [0.15, 0.2) is 18.1 Å². The topological polar surface area (TPSA) is 127 Å². The summed E-state index contributed by atoms with van der Waals surface area (Å²) in [4.78, 5) is 58.7. The molecule has 4 heterocycles. The molecule has 2 aromatic carbocycles. The Morgan fingerprint density at radius 1 is 1.00 bits per heavy atom. The van der Waals surface area contributed by atoms with Gasteiger partial charge in [0.25, 0.3) is 5.91 Å². The second-order valence-corrected chi connectivity index (χ2v) is 11.8. The van der Waals surface area contributed by atoms with E-state index in [2.05, 4.69) is 4.98 Å². The van der Waals surface area contributed by atoms with Gasteiger partial charge in [0.2, 0.25) is 11.8 Å². The van der Waals surface area contributed by atoms with E-state index < -0.39 is 17.1 Å². The van der Waals surface area contributed by atoms with E-state index in [1.807, 2.05) is 0 Å². The van der Waals surface area contributed by atoms with Crippen molar-refractivity contribution in [2.24, 2.45) is 5.92 Å². The highest BCUT2D eigenvalue weighted by Crippen LogP contribution is 2.53. The maximum atomic E-state index is 13.9. The number of thiazole rings is 1. The molecule has 3 aromatic rings. The lowest BCUT2D eigenvalue weighted by atomic mass is 9.83. The van der Waals surface area contributed by atoms with Crippen molar-refractivity contribution in [1.29, 1.82) is 0 Å². The third kappa shape index (κ3) is 4.98. The number of ether oxygens (including phenoxy) is 4. The lowest BCUT2D eigenvalue weighted by Crippen LogP contribution is -2.43. The molecule has 41 heavy (non-hydrogen) atoms. The third-order valence-electron chi connectivity index (χ3n) is 7.42. The average molecular weight is 598 g/mol. The zero-order valence-corrected chi connectivity index (χ0v) is 23.9. The monoisotopic (exact) mass is 597 g/mol. The van der Waals surface area contributed by atoms with Gasteiger partial charge in [-0.3, -0.25) is 19.2 Å². The molecular formula is C28H27N3O8S2. The highest BCUT2D eigenvalue weighted by molar-refractivity contribution is 8.00. The first-order chi connectivity index (χ1) is 19.9. The molecule has 2 unspecified atom stereocenters. The number of aromatic amines is 1. The Kier molecular flexibility index (Phi) is 7.49. The minimum Gasteiger partial charge on any atom is -0.497 e. The summed E-state index contributed by atoms with van der Waals surface area (Å²) in [6, 6.07) is 12.0. The molecule has 6 rings (SSSR count). The van der Waals surface area contributed by atoms with Gasteiger partial charge in [0, 0.05) is 23.9 Å². The smallest absolute Gasteiger partial charge is 0.305 e. The number of carbonyl (C=O) groups is 3. The van der Waals surface area contributed by atoms with E-state index in [9.17, 15) is 19.2 Å². The zero-order chi connectivity index (χ0) is 28.7. The van der Waals surface area contributed by atoms with E-state index in [1.54, 1.807) is 54.5 Å². The van der Waals surface area contributed by atoms with Crippen molar-refractivity contribution in [3.8, 4) is 17.2 Å². The molecule has 3 atom stereocenters. The van der Waals surface area contributed by atoms with Crippen molar-refractivity contribution >= 4 is 46.5 Å². The molecule has 0 radical (unpaired) electrons. The largest absolute Gasteiger partial charge is 0.497 e. The number of imide groups is 1. The Morgan fingerprint density at radius 2 is 1.76 bits per heavy atom. The predicted molar refractivity (Wildman–Crippen MR) is 151 cm³/mol. The Balaban J connectivity index is 1.32. The molecule has 0 saturated carbocycles. The number of aromatic nitrogens is 1. The van der Waals surface area contributed by atoms with Gasteiger partial charge in [-0.1, -0.05) is 29.2 Å². The third-order valence-corrected chi connectivity index (χ3v) is 9.82. The van der Waals surface area contributed by atoms with E-state index in [4.69, 9.17) is 18.9 Å². The Hall–Kier alpha value is -3.81. The van der Waals surface area contributed by atoms with Crippen LogP contribution in [0, 0.1) is 5.92 Å². The molecule has 3 aliphatic heterocycles. The van der Waals surface area contributed by atoms with Gasteiger partial charge < -0.3 is 28.8 Å². The number of carbonyl (C=O) groups excluding carboxylic acids is 3. The number of hydrogen-bond acceptors (Lipinski definition) is 10. The van der Waals surface area contributed by atoms with Crippen molar-refractivity contribution in [1.82, 2.24) is 9.88 Å². The fourth-order valence-corrected chi connectivity index (χ4v) is 7.92. The summed E-state index contributed by atoms with van der Waals surface area (Å²) < 4.78 is 21.9. The van der Waals surface area contributed by atoms with Crippen LogP contribution in [-0.4, -0.2) is 80.0 Å². The number of hydrogen-bond donors (Lipinski definition) is 1. The number of methoxy groups -OCH3 is 2. The minimum absolute atomic E-state index is 0.151. The first kappa shape index (κ1) is 27.4. The summed E-state index contributed by atoms with van der Waals surface area (Å²) in [7, 11) is 3.04. The Bertz CT molecular complexity index is 1550. The van der Waals surface area contributed by atoms with Crippen LogP contribution in [0.3, 0.4) is 0 Å². The van der Waals surface area contributed by atoms with E-state index in [-0.39, 0.29) is 29.2 Å². The van der Waals surface area contributed by atoms with Gasteiger partial charge in [0.1, 0.15) is 11.0 Å². The van der Waals surface area contributed by atoms with Gasteiger partial charge >= 0.3 is 4.87 Å². The number of fused-ring (bicyclic) bond motifs is 2. The van der Waals surface area contributed by atoms with Crippen LogP contribution in [0.4, 0.5) is 5.69 Å². The zero-order valence-electron chi connectivity index (χ0n) is 22.3. The number of morpholine rings is 1. The van der Waals surface area contributed by atoms with Crippen molar-refractivity contribution < 1.29 is 33.3 Å². The van der Waals surface area contributed by atoms with Gasteiger partial charge in [-0.2, -0.15) is 0 Å². The number of anilines is 1. The molecule has 3 aliphatic rings. The van der Waals surface area contributed by atoms with Crippen LogP contribution in [0.5, 0.6) is 17.2 Å². The number of H-pyrrole nitrogens is 1. The van der Waals surface area contributed by atoms with Crippen LogP contribution >= 0.6 is 23.1 Å². The standard InChI is InChI=1S/C28H27N3O8S2/c1-36-17-6-4-16(5-7-17)31-26(33)22-21(23-25(29-28(35)41-23)40-24(22)27(31)34)15-3-8-18(19(13-15)37-2)39-14-20(32)30-9-11-38-12-10-30/h3-8,13,21-22,24H,9-12,14H2,1-2H3,(H,29,35)/t21-,22?,24?/m1/s1. The van der Waals surface area contributed by atoms with E-state index in [0.717, 1.165) is 11.3 Å². The lowest BCUT2D eigenvalue weighted by Gasteiger charge is -2.30. The summed E-state index contributed by atoms with van der Waals surface area (Å²) >= 11 is 2.25. The molecule has 0 bridgehead atoms. The summed E-state index contributed by atoms with van der Waals surface area (Å²) in [6.45, 7) is 1.87. The lowest BCUT2D eigenvalue weighted by molar-refractivity contribution is -0.137. The molecule has 13 heteroatoms. The first-order valence-electron chi connectivity index (χ1n) is 13.0. The van der Waals surface area contributed by atoms with Crippen molar-refractivity contribution in [3.63, 3.8) is 0 Å². The van der Waals surface area contributed by atoms with Crippen molar-refractivity contribution in [2.45, 2.75) is 16.2 Å². The number of nitrogens with zero attached hydrogens (tertiary/aromatic N) is 2. The highest BCUT2D eigenvalue weighted by Gasteiger charge is 2.56. The fourth-order valence-electron chi connectivity index (χ4n) is 5.40. The fraction of sp³-hybridized carbons (Fsp3) is 0.357. The molecule has 214 valence electrons. The Morgan fingerprint density at radius 3 is 2.46 bits per heavy atom. The molecule has 0 aliphatic carbocycles. The molecule has 0 spiro atoms. The van der Waals surface area contributed by atoms with Crippen LogP contribution in [0.2, 0.25) is 0 Å². The quantitative estimate of drug-likeness (QED) is 0.409. The molecule has 2 saturated heterocycles. The summed E-state index contributed by atoms with van der Waals surface area (Å²) in [5.74, 6) is -0.793. The molecule has 1 aromatic heterocycles. The predicted octanol–water partition coefficient (Wildman–Crippen LogP) is 2.49. The highest BCUT2D eigenvalue weighted by atomic mass is 32.2. The second kappa shape index (κ2) is 11.2. The van der Waals surface area contributed by atoms with Gasteiger partial charge in [-0.05, 0) is 42.0 Å². The normalized spacial score (nSPS) is 21.9. The van der Waals surface area contributed by atoms with Crippen LogP contribution in [0.25, 0.3) is 0 Å². The van der Waals surface area contributed by atoms with Gasteiger partial charge in [-0.15, -0.1) is 0 Å². The van der Waals surface area contributed by atoms with E-state index >= 15 is 0 Å². The second-order valence-electron chi connectivity index (χ2n) is 9.65. The average Bonchev–Trinajstić information content (AvgIpc) is 3.50. The first-order valence-corrected chi connectivity index (χ1v) is 14.7. The maximum absolute atomic E-state index is 13.9. The molecule has 2 fully saturated rings. The van der Waals surface area contributed by atoms with E-state index in [0.29, 0.717) is 64.7 Å². The van der Waals surface area contributed by atoms with Crippen molar-refractivity contribution in [3.05, 3.63) is 62.6 Å². The number of nitrogens with one attached hydrogen (secondary N) is 1. The molecular weight excluding hydrogens is 570 g/mol. The van der Waals surface area contributed by atoms with E-state index in [1.165, 1.54) is 23.8 Å². The number of benzene rings is 2.